The largest absolute Gasteiger partial charge is 0.356 e. The molecule has 1 aliphatic heterocycles. The summed E-state index contributed by atoms with van der Waals surface area (Å²) in [5.74, 6) is 0.587. The van der Waals surface area contributed by atoms with Crippen molar-refractivity contribution in [3.05, 3.63) is 66.5 Å². The van der Waals surface area contributed by atoms with Gasteiger partial charge in [0.2, 0.25) is 11.8 Å². The van der Waals surface area contributed by atoms with Crippen molar-refractivity contribution in [1.82, 2.24) is 15.2 Å². The van der Waals surface area contributed by atoms with Gasteiger partial charge in [0.05, 0.1) is 5.41 Å². The van der Waals surface area contributed by atoms with Crippen molar-refractivity contribution in [3.8, 4) is 11.1 Å². The molecule has 0 unspecified atom stereocenters. The van der Waals surface area contributed by atoms with Crippen LogP contribution in [-0.4, -0.2) is 41.3 Å². The minimum Gasteiger partial charge on any atom is -0.356 e. The van der Waals surface area contributed by atoms with E-state index in [0.717, 1.165) is 48.9 Å². The van der Waals surface area contributed by atoms with E-state index < -0.39 is 5.41 Å². The number of carbonyl (C=O) groups excluding carboxylic acids is 2. The van der Waals surface area contributed by atoms with Gasteiger partial charge in [-0.2, -0.15) is 0 Å². The van der Waals surface area contributed by atoms with Gasteiger partial charge in [-0.05, 0) is 67.7 Å². The van der Waals surface area contributed by atoms with Crippen molar-refractivity contribution in [2.45, 2.75) is 45.4 Å². The van der Waals surface area contributed by atoms with Gasteiger partial charge in [-0.25, -0.2) is 0 Å². The molecule has 2 aromatic rings. The summed E-state index contributed by atoms with van der Waals surface area (Å²) < 4.78 is 0. The molecule has 1 saturated heterocycles. The molecule has 0 bridgehead atoms. The monoisotopic (exact) mass is 431 g/mol. The molecule has 2 heterocycles. The minimum absolute atomic E-state index is 0.0602. The molecule has 1 N–H and O–H groups in total. The number of amides is 2. The van der Waals surface area contributed by atoms with Gasteiger partial charge in [-0.1, -0.05) is 42.5 Å². The third-order valence-corrected chi connectivity index (χ3v) is 6.76. The lowest BCUT2D eigenvalue weighted by Crippen LogP contribution is -2.54. The highest BCUT2D eigenvalue weighted by Gasteiger charge is 2.43. The smallest absolute Gasteiger partial charge is 0.228 e. The first-order valence-electron chi connectivity index (χ1n) is 11.8. The number of carbonyl (C=O) groups is 2. The number of nitrogens with zero attached hydrogens (tertiary/aromatic N) is 2. The van der Waals surface area contributed by atoms with Gasteiger partial charge in [-0.15, -0.1) is 0 Å². The second-order valence-electron chi connectivity index (χ2n) is 9.15. The van der Waals surface area contributed by atoms with Crippen LogP contribution in [0.2, 0.25) is 0 Å². The summed E-state index contributed by atoms with van der Waals surface area (Å²) in [6, 6.07) is 12.3. The minimum atomic E-state index is -0.594. The number of piperidine rings is 1. The van der Waals surface area contributed by atoms with Crippen molar-refractivity contribution < 1.29 is 9.59 Å². The first kappa shape index (κ1) is 22.3. The van der Waals surface area contributed by atoms with Crippen LogP contribution in [0.15, 0.2) is 60.9 Å². The number of benzene rings is 1. The van der Waals surface area contributed by atoms with Crippen LogP contribution in [0.25, 0.3) is 11.1 Å². The fourth-order valence-electron chi connectivity index (χ4n) is 5.11. The quantitative estimate of drug-likeness (QED) is 0.661. The molecule has 0 spiro atoms. The Bertz CT molecular complexity index is 972. The van der Waals surface area contributed by atoms with Crippen LogP contribution in [0.5, 0.6) is 0 Å². The van der Waals surface area contributed by atoms with Gasteiger partial charge in [0.15, 0.2) is 0 Å². The number of hydrogen-bond donors (Lipinski definition) is 1. The maximum absolute atomic E-state index is 13.3. The fraction of sp³-hybridized carbons (Fsp3) is 0.444. The van der Waals surface area contributed by atoms with Gasteiger partial charge in [0.25, 0.3) is 0 Å². The normalized spacial score (nSPS) is 22.7. The zero-order chi connectivity index (χ0) is 22.4. The predicted octanol–water partition coefficient (Wildman–Crippen LogP) is 4.39. The molecule has 32 heavy (non-hydrogen) atoms. The Hall–Kier alpha value is -2.95. The lowest BCUT2D eigenvalue weighted by molar-refractivity contribution is -0.142. The number of allylic oxidation sites excluding steroid dienone is 2. The predicted molar refractivity (Wildman–Crippen MR) is 127 cm³/mol. The van der Waals surface area contributed by atoms with E-state index in [-0.39, 0.29) is 11.8 Å². The topological polar surface area (TPSA) is 62.3 Å². The second-order valence-corrected chi connectivity index (χ2v) is 9.15. The molecule has 1 aromatic heterocycles. The number of aromatic nitrogens is 1. The van der Waals surface area contributed by atoms with E-state index in [4.69, 9.17) is 0 Å². The zero-order valence-corrected chi connectivity index (χ0v) is 18.9. The van der Waals surface area contributed by atoms with Gasteiger partial charge >= 0.3 is 0 Å². The van der Waals surface area contributed by atoms with E-state index in [0.29, 0.717) is 31.8 Å². The summed E-state index contributed by atoms with van der Waals surface area (Å²) in [7, 11) is 0. The van der Waals surface area contributed by atoms with Crippen molar-refractivity contribution >= 4 is 11.8 Å². The Morgan fingerprint density at radius 3 is 2.84 bits per heavy atom. The molecule has 5 heteroatoms. The van der Waals surface area contributed by atoms with Crippen LogP contribution in [0.3, 0.4) is 0 Å². The van der Waals surface area contributed by atoms with E-state index in [9.17, 15) is 9.59 Å². The molecule has 168 valence electrons. The summed E-state index contributed by atoms with van der Waals surface area (Å²) >= 11 is 0. The average molecular weight is 432 g/mol. The van der Waals surface area contributed by atoms with Gasteiger partial charge in [-0.3, -0.25) is 14.6 Å². The Morgan fingerprint density at radius 2 is 2.09 bits per heavy atom. The maximum Gasteiger partial charge on any atom is 0.228 e. The summed E-state index contributed by atoms with van der Waals surface area (Å²) in [6.07, 6.45) is 12.9. The molecule has 1 fully saturated rings. The van der Waals surface area contributed by atoms with Crippen LogP contribution < -0.4 is 5.32 Å². The van der Waals surface area contributed by atoms with Crippen LogP contribution in [0.1, 0.15) is 44.6 Å². The van der Waals surface area contributed by atoms with E-state index >= 15 is 0 Å². The van der Waals surface area contributed by atoms with Crippen LogP contribution in [0.4, 0.5) is 0 Å². The van der Waals surface area contributed by atoms with Crippen molar-refractivity contribution in [1.29, 1.82) is 0 Å². The first-order valence-corrected chi connectivity index (χ1v) is 11.8. The first-order chi connectivity index (χ1) is 15.6. The number of likely N-dealkylation sites (tertiary alicyclic amines) is 1. The number of pyridine rings is 1. The zero-order valence-electron chi connectivity index (χ0n) is 18.9. The molecule has 0 saturated carbocycles. The lowest BCUT2D eigenvalue weighted by atomic mass is 9.73. The fourth-order valence-corrected chi connectivity index (χ4v) is 5.11. The highest BCUT2D eigenvalue weighted by atomic mass is 16.2. The molecule has 2 aliphatic rings. The van der Waals surface area contributed by atoms with E-state index in [1.54, 1.807) is 6.20 Å². The molecular formula is C27H33N3O2. The average Bonchev–Trinajstić information content (AvgIpc) is 3.33. The van der Waals surface area contributed by atoms with Crippen LogP contribution in [-0.2, 0) is 16.0 Å². The highest BCUT2D eigenvalue weighted by Crippen LogP contribution is 2.36. The lowest BCUT2D eigenvalue weighted by Gasteiger charge is -2.42. The Kier molecular flexibility index (Phi) is 7.03. The number of nitrogens with one attached hydrogen (secondary N) is 1. The molecule has 4 rings (SSSR count). The molecule has 1 aliphatic carbocycles. The van der Waals surface area contributed by atoms with E-state index in [1.165, 1.54) is 0 Å². The third-order valence-electron chi connectivity index (χ3n) is 6.76. The Morgan fingerprint density at radius 1 is 1.22 bits per heavy atom. The highest BCUT2D eigenvalue weighted by molar-refractivity contribution is 5.85. The van der Waals surface area contributed by atoms with Crippen LogP contribution in [0, 0.1) is 11.3 Å². The summed E-state index contributed by atoms with van der Waals surface area (Å²) in [5, 5.41) is 3.06. The van der Waals surface area contributed by atoms with Gasteiger partial charge < -0.3 is 10.2 Å². The summed E-state index contributed by atoms with van der Waals surface area (Å²) in [4.78, 5) is 32.6. The molecule has 0 radical (unpaired) electrons. The standard InChI is InChI=1S/C27H33N3O2/c1-2-29-26(32)27(13-7-15-30(20-27)25(31)17-21-8-3-4-9-21)18-22-10-5-11-23(16-22)24-12-6-14-28-19-24/h3,5-6,8,10-12,14,16,19,21H,2,4,7,9,13,15,17-18,20H2,1H3,(H,29,32)/t21-,27+/m0/s1. The van der Waals surface area contributed by atoms with Crippen molar-refractivity contribution in [2.75, 3.05) is 19.6 Å². The Balaban J connectivity index is 1.56. The third kappa shape index (κ3) is 5.09. The molecule has 5 nitrogen and oxygen atoms in total. The van der Waals surface area contributed by atoms with Gasteiger partial charge in [0, 0.05) is 38.4 Å². The van der Waals surface area contributed by atoms with E-state index in [1.807, 2.05) is 36.2 Å². The van der Waals surface area contributed by atoms with Gasteiger partial charge in [0.1, 0.15) is 0 Å². The number of hydrogen-bond acceptors (Lipinski definition) is 3. The van der Waals surface area contributed by atoms with Crippen molar-refractivity contribution in [3.63, 3.8) is 0 Å². The second kappa shape index (κ2) is 10.1. The molecule has 2 amide bonds. The number of rotatable bonds is 7. The summed E-state index contributed by atoms with van der Waals surface area (Å²) in [6.45, 7) is 3.78. The summed E-state index contributed by atoms with van der Waals surface area (Å²) in [5.41, 5.74) is 2.68. The molecule has 2 atom stereocenters. The van der Waals surface area contributed by atoms with E-state index in [2.05, 4.69) is 40.7 Å². The maximum atomic E-state index is 13.3. The SMILES string of the molecule is CCNC(=O)[C@@]1(Cc2cccc(-c3cccnc3)c2)CCCN(C(=O)C[C@H]2C=CCC2)C1. The van der Waals surface area contributed by atoms with Crippen LogP contribution >= 0.6 is 0 Å². The molecular weight excluding hydrogens is 398 g/mol. The Labute approximate surface area is 190 Å². The molecule has 1 aromatic carbocycles. The van der Waals surface area contributed by atoms with Crippen molar-refractivity contribution in [2.24, 2.45) is 11.3 Å².